The van der Waals surface area contributed by atoms with Crippen molar-refractivity contribution < 1.29 is 9.47 Å². The predicted molar refractivity (Wildman–Crippen MR) is 56.6 cm³/mol. The van der Waals surface area contributed by atoms with Gasteiger partial charge in [0.2, 0.25) is 5.88 Å². The van der Waals surface area contributed by atoms with Gasteiger partial charge < -0.3 is 9.47 Å². The van der Waals surface area contributed by atoms with E-state index >= 15 is 0 Å². The molecular weight excluding hydrogens is 260 g/mol. The van der Waals surface area contributed by atoms with Crippen molar-refractivity contribution >= 4 is 15.9 Å². The highest BCUT2D eigenvalue weighted by atomic mass is 79.9. The molecule has 0 saturated carbocycles. The van der Waals surface area contributed by atoms with E-state index < -0.39 is 5.41 Å². The Hall–Kier alpha value is -1.12. The van der Waals surface area contributed by atoms with E-state index in [1.165, 1.54) is 0 Å². The SMILES string of the molecule is COc1ncc(Br)cc1C1(C#N)COC1. The summed E-state index contributed by atoms with van der Waals surface area (Å²) in [6.07, 6.45) is 1.65. The van der Waals surface area contributed by atoms with E-state index in [1.807, 2.05) is 6.07 Å². The number of ether oxygens (including phenoxy) is 2. The molecule has 2 rings (SSSR count). The first-order valence-electron chi connectivity index (χ1n) is 4.41. The minimum absolute atomic E-state index is 0.401. The Bertz CT molecular complexity index is 424. The Morgan fingerprint density at radius 3 is 2.87 bits per heavy atom. The lowest BCUT2D eigenvalue weighted by Gasteiger charge is -2.35. The van der Waals surface area contributed by atoms with Crippen molar-refractivity contribution in [3.63, 3.8) is 0 Å². The van der Waals surface area contributed by atoms with Crippen LogP contribution >= 0.6 is 15.9 Å². The first kappa shape index (κ1) is 10.4. The molecule has 1 fully saturated rings. The monoisotopic (exact) mass is 268 g/mol. The Morgan fingerprint density at radius 2 is 2.40 bits per heavy atom. The van der Waals surface area contributed by atoms with Gasteiger partial charge in [-0.2, -0.15) is 5.26 Å². The van der Waals surface area contributed by atoms with Gasteiger partial charge >= 0.3 is 0 Å². The molecule has 15 heavy (non-hydrogen) atoms. The van der Waals surface area contributed by atoms with Crippen LogP contribution < -0.4 is 4.74 Å². The molecule has 0 aliphatic carbocycles. The fourth-order valence-corrected chi connectivity index (χ4v) is 1.85. The average molecular weight is 269 g/mol. The van der Waals surface area contributed by atoms with Gasteiger partial charge in [-0.05, 0) is 22.0 Å². The minimum atomic E-state index is -0.595. The quantitative estimate of drug-likeness (QED) is 0.819. The average Bonchev–Trinajstić information content (AvgIpc) is 2.17. The molecule has 0 spiro atoms. The summed E-state index contributed by atoms with van der Waals surface area (Å²) < 4.78 is 11.1. The molecule has 0 unspecified atom stereocenters. The van der Waals surface area contributed by atoms with E-state index in [0.717, 1.165) is 10.0 Å². The second kappa shape index (κ2) is 3.80. The molecule has 1 aromatic heterocycles. The maximum absolute atomic E-state index is 9.17. The second-order valence-electron chi connectivity index (χ2n) is 3.40. The zero-order valence-corrected chi connectivity index (χ0v) is 9.74. The summed E-state index contributed by atoms with van der Waals surface area (Å²) >= 11 is 3.33. The summed E-state index contributed by atoms with van der Waals surface area (Å²) in [5.41, 5.74) is 0.190. The van der Waals surface area contributed by atoms with Crippen LogP contribution in [0.15, 0.2) is 16.7 Å². The summed E-state index contributed by atoms with van der Waals surface area (Å²) in [5.74, 6) is 0.489. The van der Waals surface area contributed by atoms with Gasteiger partial charge in [-0.1, -0.05) is 0 Å². The summed E-state index contributed by atoms with van der Waals surface area (Å²) in [6, 6.07) is 4.13. The van der Waals surface area contributed by atoms with Gasteiger partial charge in [-0.3, -0.25) is 0 Å². The lowest BCUT2D eigenvalue weighted by molar-refractivity contribution is -0.0309. The van der Waals surface area contributed by atoms with E-state index in [1.54, 1.807) is 13.3 Å². The molecule has 1 aliphatic heterocycles. The number of pyridine rings is 1. The van der Waals surface area contributed by atoms with Crippen molar-refractivity contribution in [2.45, 2.75) is 5.41 Å². The molecule has 1 saturated heterocycles. The van der Waals surface area contributed by atoms with Crippen molar-refractivity contribution in [1.29, 1.82) is 5.26 Å². The highest BCUT2D eigenvalue weighted by molar-refractivity contribution is 9.10. The second-order valence-corrected chi connectivity index (χ2v) is 4.31. The molecule has 4 nitrogen and oxygen atoms in total. The molecule has 78 valence electrons. The molecule has 5 heteroatoms. The van der Waals surface area contributed by atoms with Crippen LogP contribution in [0.1, 0.15) is 5.56 Å². The van der Waals surface area contributed by atoms with E-state index in [-0.39, 0.29) is 0 Å². The Labute approximate surface area is 96.0 Å². The molecule has 0 aromatic carbocycles. The van der Waals surface area contributed by atoms with Gasteiger partial charge in [0.25, 0.3) is 0 Å². The number of hydrogen-bond acceptors (Lipinski definition) is 4. The third kappa shape index (κ3) is 1.60. The zero-order chi connectivity index (χ0) is 10.9. The Balaban J connectivity index is 2.50. The normalized spacial score (nSPS) is 17.7. The van der Waals surface area contributed by atoms with Crippen LogP contribution in [0.5, 0.6) is 5.88 Å². The maximum atomic E-state index is 9.17. The van der Waals surface area contributed by atoms with Gasteiger partial charge in [0.15, 0.2) is 0 Å². The first-order valence-corrected chi connectivity index (χ1v) is 5.20. The lowest BCUT2D eigenvalue weighted by atomic mass is 9.80. The molecule has 0 N–H and O–H groups in total. The van der Waals surface area contributed by atoms with Gasteiger partial charge in [0, 0.05) is 16.2 Å². The smallest absolute Gasteiger partial charge is 0.218 e. The fourth-order valence-electron chi connectivity index (χ4n) is 1.52. The van der Waals surface area contributed by atoms with Gasteiger partial charge in [-0.15, -0.1) is 0 Å². The highest BCUT2D eigenvalue weighted by Crippen LogP contribution is 2.37. The number of nitriles is 1. The van der Waals surface area contributed by atoms with Crippen molar-refractivity contribution in [3.05, 3.63) is 22.3 Å². The van der Waals surface area contributed by atoms with Crippen molar-refractivity contribution in [3.8, 4) is 11.9 Å². The highest BCUT2D eigenvalue weighted by Gasteiger charge is 2.43. The number of methoxy groups -OCH3 is 1. The van der Waals surface area contributed by atoms with Crippen LogP contribution in [0, 0.1) is 11.3 Å². The third-order valence-electron chi connectivity index (χ3n) is 2.44. The molecule has 0 amide bonds. The first-order chi connectivity index (χ1) is 7.22. The standard InChI is InChI=1S/C10H9BrN2O2/c1-14-9-8(2-7(11)3-13-9)10(4-12)5-15-6-10/h2-3H,5-6H2,1H3. The van der Waals surface area contributed by atoms with Crippen molar-refractivity contribution in [2.75, 3.05) is 20.3 Å². The molecule has 0 atom stereocenters. The minimum Gasteiger partial charge on any atom is -0.481 e. The summed E-state index contributed by atoms with van der Waals surface area (Å²) in [4.78, 5) is 4.12. The summed E-state index contributed by atoms with van der Waals surface area (Å²) in [6.45, 7) is 0.802. The molecule has 0 radical (unpaired) electrons. The number of halogens is 1. The van der Waals surface area contributed by atoms with Crippen LogP contribution in [0.2, 0.25) is 0 Å². The number of nitrogens with zero attached hydrogens (tertiary/aromatic N) is 2. The van der Waals surface area contributed by atoms with E-state index in [2.05, 4.69) is 27.0 Å². The maximum Gasteiger partial charge on any atom is 0.218 e. The van der Waals surface area contributed by atoms with Crippen LogP contribution in [-0.2, 0) is 10.2 Å². The van der Waals surface area contributed by atoms with Crippen molar-refractivity contribution in [2.24, 2.45) is 0 Å². The van der Waals surface area contributed by atoms with E-state index in [4.69, 9.17) is 9.47 Å². The molecule has 1 aliphatic rings. The predicted octanol–water partition coefficient (Wildman–Crippen LogP) is 1.64. The molecule has 1 aromatic rings. The molecule has 2 heterocycles. The van der Waals surface area contributed by atoms with Gasteiger partial charge in [0.1, 0.15) is 5.41 Å². The van der Waals surface area contributed by atoms with E-state index in [0.29, 0.717) is 19.1 Å². The number of rotatable bonds is 2. The summed E-state index contributed by atoms with van der Waals surface area (Å²) in [7, 11) is 1.55. The van der Waals surface area contributed by atoms with E-state index in [9.17, 15) is 5.26 Å². The van der Waals surface area contributed by atoms with Crippen LogP contribution in [0.4, 0.5) is 0 Å². The molecule has 0 bridgehead atoms. The summed E-state index contributed by atoms with van der Waals surface area (Å²) in [5, 5.41) is 9.17. The largest absolute Gasteiger partial charge is 0.481 e. The van der Waals surface area contributed by atoms with Crippen LogP contribution in [-0.4, -0.2) is 25.3 Å². The number of aromatic nitrogens is 1. The Morgan fingerprint density at radius 1 is 1.67 bits per heavy atom. The molecular formula is C10H9BrN2O2. The topological polar surface area (TPSA) is 55.1 Å². The van der Waals surface area contributed by atoms with Gasteiger partial charge in [-0.25, -0.2) is 4.98 Å². The zero-order valence-electron chi connectivity index (χ0n) is 8.16. The van der Waals surface area contributed by atoms with Crippen LogP contribution in [0.25, 0.3) is 0 Å². The van der Waals surface area contributed by atoms with Gasteiger partial charge in [0.05, 0.1) is 26.4 Å². The Kier molecular flexibility index (Phi) is 2.63. The number of hydrogen-bond donors (Lipinski definition) is 0. The van der Waals surface area contributed by atoms with Crippen molar-refractivity contribution in [1.82, 2.24) is 4.98 Å². The third-order valence-corrected chi connectivity index (χ3v) is 2.87. The van der Waals surface area contributed by atoms with Crippen LogP contribution in [0.3, 0.4) is 0 Å². The lowest BCUT2D eigenvalue weighted by Crippen LogP contribution is -2.45. The fraction of sp³-hybridized carbons (Fsp3) is 0.400.